The molecule has 0 saturated carbocycles. The smallest absolute Gasteiger partial charge is 0.221 e. The van der Waals surface area contributed by atoms with Crippen LogP contribution in [0.1, 0.15) is 60.9 Å². The van der Waals surface area contributed by atoms with Crippen LogP contribution in [0.3, 0.4) is 0 Å². The molecule has 2 unspecified atom stereocenters. The van der Waals surface area contributed by atoms with Gasteiger partial charge < -0.3 is 4.74 Å². The molecule has 0 saturated heterocycles. The number of aryl methyl sites for hydroxylation is 2. The van der Waals surface area contributed by atoms with Gasteiger partial charge in [0.2, 0.25) is 11.4 Å². The minimum Gasteiger partial charge on any atom is -0.497 e. The van der Waals surface area contributed by atoms with Gasteiger partial charge in [-0.2, -0.15) is 9.13 Å². The standard InChI is InChI=1S/C36H33FN2O/c1-36(2)28-8-6-7-23-16-20-39-31-15-11-22-10-12-24(40-3)21-27(22)30-9-4-5-18-38(30)19-17-25(31)26-13-14-29(37)34(36)33(26)35(39)32(23)28/h4-10,12-14,16,18,20-21,25,31H,11,15,17,19H2,1-3H3/q+2. The maximum Gasteiger partial charge on any atom is 0.221 e. The highest BCUT2D eigenvalue weighted by atomic mass is 19.1. The van der Waals surface area contributed by atoms with Crippen molar-refractivity contribution in [1.82, 2.24) is 0 Å². The Morgan fingerprint density at radius 1 is 0.925 bits per heavy atom. The second-order valence-electron chi connectivity index (χ2n) is 12.2. The van der Waals surface area contributed by atoms with Crippen LogP contribution in [0.15, 0.2) is 85.2 Å². The topological polar surface area (TPSA) is 17.0 Å². The van der Waals surface area contributed by atoms with Crippen LogP contribution in [0.2, 0.25) is 0 Å². The number of fused-ring (bicyclic) bond motifs is 6. The minimum absolute atomic E-state index is 0.0947. The van der Waals surface area contributed by atoms with Crippen molar-refractivity contribution in [2.45, 2.75) is 57.0 Å². The molecule has 0 fully saturated rings. The Balaban J connectivity index is 1.39. The normalized spacial score (nSPS) is 19.8. The van der Waals surface area contributed by atoms with Gasteiger partial charge in [-0.05, 0) is 52.8 Å². The summed E-state index contributed by atoms with van der Waals surface area (Å²) in [5, 5.41) is 2.52. The molecular weight excluding hydrogens is 495 g/mol. The Kier molecular flexibility index (Phi) is 5.04. The second kappa shape index (κ2) is 8.47. The number of rotatable bonds is 1. The average Bonchev–Trinajstić information content (AvgIpc) is 2.97. The van der Waals surface area contributed by atoms with E-state index in [4.69, 9.17) is 4.74 Å². The molecule has 2 aliphatic heterocycles. The third kappa shape index (κ3) is 3.16. The zero-order valence-electron chi connectivity index (χ0n) is 23.2. The monoisotopic (exact) mass is 528 g/mol. The van der Waals surface area contributed by atoms with Gasteiger partial charge in [-0.15, -0.1) is 0 Å². The molecule has 2 aromatic heterocycles. The van der Waals surface area contributed by atoms with Crippen LogP contribution in [0.4, 0.5) is 4.39 Å². The van der Waals surface area contributed by atoms with Gasteiger partial charge in [0.25, 0.3) is 0 Å². The Morgan fingerprint density at radius 3 is 2.70 bits per heavy atom. The summed E-state index contributed by atoms with van der Waals surface area (Å²) in [6.45, 7) is 5.27. The Hall–Kier alpha value is -4.05. The zero-order valence-corrected chi connectivity index (χ0v) is 23.2. The summed E-state index contributed by atoms with van der Waals surface area (Å²) in [6, 6.07) is 25.9. The van der Waals surface area contributed by atoms with E-state index in [-0.39, 0.29) is 17.8 Å². The van der Waals surface area contributed by atoms with Crippen molar-refractivity contribution < 1.29 is 18.3 Å². The molecule has 5 aromatic rings. The highest BCUT2D eigenvalue weighted by molar-refractivity contribution is 6.01. The first kappa shape index (κ1) is 23.8. The highest BCUT2D eigenvalue weighted by Gasteiger charge is 2.49. The molecule has 0 amide bonds. The molecule has 8 rings (SSSR count). The van der Waals surface area contributed by atoms with E-state index in [0.29, 0.717) is 0 Å². The van der Waals surface area contributed by atoms with Crippen molar-refractivity contribution in [2.75, 3.05) is 7.11 Å². The average molecular weight is 529 g/mol. The minimum atomic E-state index is -0.413. The van der Waals surface area contributed by atoms with Crippen molar-refractivity contribution >= 4 is 10.8 Å². The third-order valence-corrected chi connectivity index (χ3v) is 9.87. The van der Waals surface area contributed by atoms with Gasteiger partial charge in [-0.1, -0.05) is 44.2 Å². The Morgan fingerprint density at radius 2 is 1.82 bits per heavy atom. The van der Waals surface area contributed by atoms with Crippen LogP contribution in [-0.4, -0.2) is 7.11 Å². The van der Waals surface area contributed by atoms with Crippen molar-refractivity contribution in [1.29, 1.82) is 0 Å². The fourth-order valence-corrected chi connectivity index (χ4v) is 8.02. The molecule has 198 valence electrons. The number of methoxy groups -OCH3 is 1. The molecule has 0 radical (unpaired) electrons. The van der Waals surface area contributed by atoms with Gasteiger partial charge >= 0.3 is 0 Å². The summed E-state index contributed by atoms with van der Waals surface area (Å²) in [6.07, 6.45) is 7.42. The first-order chi connectivity index (χ1) is 19.5. The second-order valence-corrected chi connectivity index (χ2v) is 12.2. The first-order valence-electron chi connectivity index (χ1n) is 14.4. The lowest BCUT2D eigenvalue weighted by molar-refractivity contribution is -0.722. The fraction of sp³-hybridized carbons (Fsp3) is 0.278. The molecule has 3 nitrogen and oxygen atoms in total. The van der Waals surface area contributed by atoms with Crippen molar-refractivity contribution in [3.8, 4) is 28.3 Å². The number of aromatic nitrogens is 2. The SMILES string of the molecule is COc1ccc2c(c1)-c1cccc[n+]1CCC1c3ccc(F)c4c3-c3c5c(cccc5cc[n+]3C1CC2)C4(C)C. The maximum atomic E-state index is 15.9. The highest BCUT2D eigenvalue weighted by Crippen LogP contribution is 2.54. The summed E-state index contributed by atoms with van der Waals surface area (Å²) >= 11 is 0. The number of hydrogen-bond donors (Lipinski definition) is 0. The molecule has 3 aromatic carbocycles. The van der Waals surface area contributed by atoms with Gasteiger partial charge in [-0.3, -0.25) is 0 Å². The van der Waals surface area contributed by atoms with E-state index in [1.165, 1.54) is 44.4 Å². The number of nitrogens with zero attached hydrogens (tertiary/aromatic N) is 2. The van der Waals surface area contributed by atoms with Crippen LogP contribution in [0.25, 0.3) is 33.3 Å². The van der Waals surface area contributed by atoms with Gasteiger partial charge in [0, 0.05) is 42.0 Å². The lowest BCUT2D eigenvalue weighted by Gasteiger charge is -2.39. The van der Waals surface area contributed by atoms with Crippen LogP contribution in [0.5, 0.6) is 5.75 Å². The van der Waals surface area contributed by atoms with Gasteiger partial charge in [0.05, 0.1) is 29.5 Å². The van der Waals surface area contributed by atoms with E-state index in [0.717, 1.165) is 42.7 Å². The number of halogens is 1. The van der Waals surface area contributed by atoms with Crippen LogP contribution in [0, 0.1) is 5.82 Å². The molecule has 1 aliphatic carbocycles. The molecule has 3 aliphatic rings. The van der Waals surface area contributed by atoms with E-state index >= 15 is 4.39 Å². The van der Waals surface area contributed by atoms with E-state index in [1.54, 1.807) is 13.2 Å². The summed E-state index contributed by atoms with van der Waals surface area (Å²) in [5.74, 6) is 1.07. The molecule has 4 heteroatoms. The van der Waals surface area contributed by atoms with Crippen molar-refractivity contribution in [3.05, 3.63) is 113 Å². The molecule has 0 spiro atoms. The Labute approximate surface area is 234 Å². The lowest BCUT2D eigenvalue weighted by atomic mass is 9.65. The van der Waals surface area contributed by atoms with E-state index in [9.17, 15) is 0 Å². The molecule has 0 N–H and O–H groups in total. The lowest BCUT2D eigenvalue weighted by Crippen LogP contribution is -2.50. The predicted molar refractivity (Wildman–Crippen MR) is 155 cm³/mol. The number of pyridine rings is 2. The maximum absolute atomic E-state index is 15.9. The van der Waals surface area contributed by atoms with E-state index < -0.39 is 5.41 Å². The predicted octanol–water partition coefficient (Wildman–Crippen LogP) is 7.21. The fourth-order valence-electron chi connectivity index (χ4n) is 8.02. The number of benzene rings is 3. The molecule has 40 heavy (non-hydrogen) atoms. The summed E-state index contributed by atoms with van der Waals surface area (Å²) < 4.78 is 26.4. The molecule has 0 bridgehead atoms. The summed E-state index contributed by atoms with van der Waals surface area (Å²) in [4.78, 5) is 0. The van der Waals surface area contributed by atoms with Crippen LogP contribution < -0.4 is 13.9 Å². The van der Waals surface area contributed by atoms with Crippen molar-refractivity contribution in [3.63, 3.8) is 0 Å². The first-order valence-corrected chi connectivity index (χ1v) is 14.4. The zero-order chi connectivity index (χ0) is 27.2. The quantitative estimate of drug-likeness (QED) is 0.210. The summed E-state index contributed by atoms with van der Waals surface area (Å²) in [5.41, 5.74) is 9.11. The van der Waals surface area contributed by atoms with Gasteiger partial charge in [0.1, 0.15) is 18.1 Å². The number of hydrogen-bond acceptors (Lipinski definition) is 1. The van der Waals surface area contributed by atoms with Gasteiger partial charge in [0.15, 0.2) is 18.4 Å². The van der Waals surface area contributed by atoms with E-state index in [2.05, 4.69) is 102 Å². The van der Waals surface area contributed by atoms with Gasteiger partial charge in [-0.25, -0.2) is 4.39 Å². The van der Waals surface area contributed by atoms with Crippen molar-refractivity contribution in [2.24, 2.45) is 0 Å². The molecular formula is C36H33FN2O+2. The third-order valence-electron chi connectivity index (χ3n) is 9.87. The molecule has 4 heterocycles. The largest absolute Gasteiger partial charge is 0.497 e. The number of ether oxygens (including phenoxy) is 1. The van der Waals surface area contributed by atoms with E-state index in [1.807, 2.05) is 0 Å². The van der Waals surface area contributed by atoms with Crippen LogP contribution in [-0.2, 0) is 18.4 Å². The molecule has 2 atom stereocenters. The summed E-state index contributed by atoms with van der Waals surface area (Å²) in [7, 11) is 1.74. The van der Waals surface area contributed by atoms with Crippen LogP contribution >= 0.6 is 0 Å². The Bertz CT molecular complexity index is 1860.